The molecule has 0 fully saturated rings. The van der Waals surface area contributed by atoms with Gasteiger partial charge >= 0.3 is 0 Å². The minimum absolute atomic E-state index is 0.179. The smallest absolute Gasteiger partial charge is 0.224 e. The highest BCUT2D eigenvalue weighted by Gasteiger charge is 2.17. The summed E-state index contributed by atoms with van der Waals surface area (Å²) in [6, 6.07) is 1.89. The third-order valence-electron chi connectivity index (χ3n) is 2.92. The molecule has 0 bridgehead atoms. The minimum atomic E-state index is 0.179. The van der Waals surface area contributed by atoms with Gasteiger partial charge in [-0.3, -0.25) is 0 Å². The van der Waals surface area contributed by atoms with Crippen LogP contribution in [0.2, 0.25) is 0 Å². The van der Waals surface area contributed by atoms with Crippen molar-refractivity contribution in [3.8, 4) is 0 Å². The second-order valence-electron chi connectivity index (χ2n) is 5.45. The average molecular weight is 266 g/mol. The van der Waals surface area contributed by atoms with Crippen molar-refractivity contribution >= 4 is 11.8 Å². The van der Waals surface area contributed by atoms with E-state index in [2.05, 4.69) is 41.4 Å². The number of aromatic nitrogens is 2. The number of rotatable bonds is 9. The maximum absolute atomic E-state index is 5.13. The molecule has 0 unspecified atom stereocenters. The third kappa shape index (κ3) is 6.38. The molecule has 0 saturated heterocycles. The Morgan fingerprint density at radius 3 is 2.79 bits per heavy atom. The average Bonchev–Trinajstić information content (AvgIpc) is 2.41. The summed E-state index contributed by atoms with van der Waals surface area (Å²) in [6.45, 7) is 9.09. The molecule has 5 nitrogen and oxygen atoms in total. The van der Waals surface area contributed by atoms with Gasteiger partial charge in [-0.1, -0.05) is 20.8 Å². The Labute approximate surface area is 116 Å². The summed E-state index contributed by atoms with van der Waals surface area (Å²) in [4.78, 5) is 8.62. The van der Waals surface area contributed by atoms with Gasteiger partial charge in [0.15, 0.2) is 0 Å². The summed E-state index contributed by atoms with van der Waals surface area (Å²) < 4.78 is 5.13. The molecule has 0 aromatic carbocycles. The molecule has 108 valence electrons. The van der Waals surface area contributed by atoms with Gasteiger partial charge in [-0.2, -0.15) is 4.98 Å². The fraction of sp³-hybridized carbons (Fsp3) is 0.714. The lowest BCUT2D eigenvalue weighted by molar-refractivity contribution is 0.157. The highest BCUT2D eigenvalue weighted by Crippen LogP contribution is 2.20. The van der Waals surface area contributed by atoms with E-state index in [1.54, 1.807) is 13.3 Å². The molecule has 0 aliphatic carbocycles. The van der Waals surface area contributed by atoms with E-state index in [0.717, 1.165) is 38.4 Å². The van der Waals surface area contributed by atoms with Crippen LogP contribution in [0.5, 0.6) is 0 Å². The van der Waals surface area contributed by atoms with Gasteiger partial charge in [-0.05, 0) is 24.3 Å². The first kappa shape index (κ1) is 15.7. The van der Waals surface area contributed by atoms with Crippen LogP contribution in [0.4, 0.5) is 11.8 Å². The maximum Gasteiger partial charge on any atom is 0.224 e. The summed E-state index contributed by atoms with van der Waals surface area (Å²) in [5, 5.41) is 6.55. The van der Waals surface area contributed by atoms with Crippen molar-refractivity contribution in [2.45, 2.75) is 33.6 Å². The Kier molecular flexibility index (Phi) is 6.56. The highest BCUT2D eigenvalue weighted by molar-refractivity contribution is 5.39. The SMILES string of the molecule is CCCNc1nccc(NCC(C)(C)CCOC)n1. The molecule has 0 atom stereocenters. The van der Waals surface area contributed by atoms with Crippen molar-refractivity contribution in [3.05, 3.63) is 12.3 Å². The first-order valence-corrected chi connectivity index (χ1v) is 6.87. The zero-order chi connectivity index (χ0) is 14.1. The van der Waals surface area contributed by atoms with Crippen molar-refractivity contribution < 1.29 is 4.74 Å². The van der Waals surface area contributed by atoms with Crippen molar-refractivity contribution in [2.75, 3.05) is 37.4 Å². The number of nitrogens with one attached hydrogen (secondary N) is 2. The minimum Gasteiger partial charge on any atom is -0.385 e. The number of anilines is 2. The van der Waals surface area contributed by atoms with Gasteiger partial charge in [-0.25, -0.2) is 4.98 Å². The Morgan fingerprint density at radius 2 is 2.11 bits per heavy atom. The van der Waals surface area contributed by atoms with Crippen LogP contribution < -0.4 is 10.6 Å². The van der Waals surface area contributed by atoms with Gasteiger partial charge in [0.05, 0.1) is 0 Å². The van der Waals surface area contributed by atoms with E-state index < -0.39 is 0 Å². The highest BCUT2D eigenvalue weighted by atomic mass is 16.5. The van der Waals surface area contributed by atoms with Crippen LogP contribution in [0.1, 0.15) is 33.6 Å². The van der Waals surface area contributed by atoms with Gasteiger partial charge in [-0.15, -0.1) is 0 Å². The van der Waals surface area contributed by atoms with Crippen molar-refractivity contribution in [1.29, 1.82) is 0 Å². The van der Waals surface area contributed by atoms with E-state index in [9.17, 15) is 0 Å². The predicted molar refractivity (Wildman–Crippen MR) is 79.6 cm³/mol. The van der Waals surface area contributed by atoms with Crippen LogP contribution >= 0.6 is 0 Å². The number of hydrogen-bond donors (Lipinski definition) is 2. The number of ether oxygens (including phenoxy) is 1. The van der Waals surface area contributed by atoms with Crippen LogP contribution in [0, 0.1) is 5.41 Å². The Balaban J connectivity index is 2.48. The van der Waals surface area contributed by atoms with Gasteiger partial charge in [0.1, 0.15) is 5.82 Å². The molecule has 1 aromatic rings. The fourth-order valence-corrected chi connectivity index (χ4v) is 1.58. The zero-order valence-electron chi connectivity index (χ0n) is 12.5. The molecule has 0 radical (unpaired) electrons. The molecular formula is C14H26N4O. The lowest BCUT2D eigenvalue weighted by Crippen LogP contribution is -2.25. The molecule has 1 aromatic heterocycles. The molecule has 1 rings (SSSR count). The number of hydrogen-bond acceptors (Lipinski definition) is 5. The van der Waals surface area contributed by atoms with E-state index >= 15 is 0 Å². The summed E-state index contributed by atoms with van der Waals surface area (Å²) in [5.74, 6) is 1.54. The molecule has 0 aliphatic heterocycles. The zero-order valence-corrected chi connectivity index (χ0v) is 12.5. The van der Waals surface area contributed by atoms with E-state index in [1.807, 2.05) is 6.07 Å². The predicted octanol–water partition coefficient (Wildman–Crippen LogP) is 2.77. The summed E-state index contributed by atoms with van der Waals surface area (Å²) >= 11 is 0. The Bertz CT molecular complexity index is 368. The van der Waals surface area contributed by atoms with Crippen molar-refractivity contribution in [2.24, 2.45) is 5.41 Å². The van der Waals surface area contributed by atoms with E-state index in [4.69, 9.17) is 4.74 Å². The lowest BCUT2D eigenvalue weighted by atomic mass is 9.90. The first-order chi connectivity index (χ1) is 9.07. The van der Waals surface area contributed by atoms with Crippen LogP contribution in [0.15, 0.2) is 12.3 Å². The molecule has 0 saturated carbocycles. The van der Waals surface area contributed by atoms with Crippen molar-refractivity contribution in [3.63, 3.8) is 0 Å². The molecule has 1 heterocycles. The van der Waals surface area contributed by atoms with E-state index in [-0.39, 0.29) is 5.41 Å². The summed E-state index contributed by atoms with van der Waals surface area (Å²) in [5.41, 5.74) is 0.179. The summed E-state index contributed by atoms with van der Waals surface area (Å²) in [7, 11) is 1.74. The van der Waals surface area contributed by atoms with Crippen LogP contribution in [-0.4, -0.2) is 36.8 Å². The molecule has 19 heavy (non-hydrogen) atoms. The summed E-state index contributed by atoms with van der Waals surface area (Å²) in [6.07, 6.45) is 3.85. The van der Waals surface area contributed by atoms with Crippen LogP contribution in [0.3, 0.4) is 0 Å². The Hall–Kier alpha value is -1.36. The lowest BCUT2D eigenvalue weighted by Gasteiger charge is -2.24. The maximum atomic E-state index is 5.13. The molecule has 0 aliphatic rings. The number of methoxy groups -OCH3 is 1. The molecular weight excluding hydrogens is 240 g/mol. The normalized spacial score (nSPS) is 11.4. The van der Waals surface area contributed by atoms with Gasteiger partial charge in [0, 0.05) is 33.0 Å². The largest absolute Gasteiger partial charge is 0.385 e. The standard InChI is InChI=1S/C14H26N4O/c1-5-8-15-13-16-9-6-12(18-13)17-11-14(2,3)7-10-19-4/h6,9H,5,7-8,10-11H2,1-4H3,(H2,15,16,17,18). The number of nitrogens with zero attached hydrogens (tertiary/aromatic N) is 2. The van der Waals surface area contributed by atoms with Gasteiger partial charge in [0.2, 0.25) is 5.95 Å². The quantitative estimate of drug-likeness (QED) is 0.719. The first-order valence-electron chi connectivity index (χ1n) is 6.87. The van der Waals surface area contributed by atoms with Crippen molar-refractivity contribution in [1.82, 2.24) is 9.97 Å². The monoisotopic (exact) mass is 266 g/mol. The molecule has 0 spiro atoms. The van der Waals surface area contributed by atoms with Gasteiger partial charge < -0.3 is 15.4 Å². The second kappa shape index (κ2) is 7.94. The second-order valence-corrected chi connectivity index (χ2v) is 5.45. The molecule has 0 amide bonds. The van der Waals surface area contributed by atoms with E-state index in [1.165, 1.54) is 0 Å². The third-order valence-corrected chi connectivity index (χ3v) is 2.92. The topological polar surface area (TPSA) is 59.1 Å². The molecule has 2 N–H and O–H groups in total. The Morgan fingerprint density at radius 1 is 1.32 bits per heavy atom. The van der Waals surface area contributed by atoms with E-state index in [0.29, 0.717) is 5.95 Å². The fourth-order valence-electron chi connectivity index (χ4n) is 1.58. The molecule has 5 heteroatoms. The van der Waals surface area contributed by atoms with Crippen LogP contribution in [0.25, 0.3) is 0 Å². The van der Waals surface area contributed by atoms with Gasteiger partial charge in [0.25, 0.3) is 0 Å². The van der Waals surface area contributed by atoms with Crippen LogP contribution in [-0.2, 0) is 4.74 Å².